The van der Waals surface area contributed by atoms with Crippen LogP contribution in [0.1, 0.15) is 57.8 Å². The van der Waals surface area contributed by atoms with Crippen molar-refractivity contribution in [2.24, 2.45) is 0 Å². The Hall–Kier alpha value is -0.650. The Bertz CT molecular complexity index is 390. The molecule has 1 amide bonds. The zero-order valence-electron chi connectivity index (χ0n) is 16.0. The van der Waals surface area contributed by atoms with Crippen LogP contribution in [0.25, 0.3) is 0 Å². The van der Waals surface area contributed by atoms with Gasteiger partial charge in [0.2, 0.25) is 5.91 Å². The minimum Gasteiger partial charge on any atom is -0.381 e. The largest absolute Gasteiger partial charge is 0.381 e. The monoisotopic (exact) mass is 351 g/mol. The maximum atomic E-state index is 12.6. The maximum absolute atomic E-state index is 12.6. The topological polar surface area (TPSA) is 36.0 Å². The molecule has 0 unspecified atom stereocenters. The van der Waals surface area contributed by atoms with Crippen LogP contribution in [0.4, 0.5) is 0 Å². The van der Waals surface area contributed by atoms with E-state index < -0.39 is 0 Å². The molecule has 5 nitrogen and oxygen atoms in total. The van der Waals surface area contributed by atoms with Gasteiger partial charge in [0, 0.05) is 51.9 Å². The number of nitrogens with zero attached hydrogens (tertiary/aromatic N) is 3. The molecule has 0 aromatic heterocycles. The predicted molar refractivity (Wildman–Crippen MR) is 101 cm³/mol. The summed E-state index contributed by atoms with van der Waals surface area (Å²) in [6, 6.07) is 0.673. The van der Waals surface area contributed by atoms with Crippen molar-refractivity contribution in [1.82, 2.24) is 14.7 Å². The summed E-state index contributed by atoms with van der Waals surface area (Å²) in [5.74, 6) is 0.378. The number of likely N-dealkylation sites (tertiary alicyclic amines) is 1. The van der Waals surface area contributed by atoms with Crippen LogP contribution in [0.15, 0.2) is 0 Å². The molecule has 0 atom stereocenters. The van der Waals surface area contributed by atoms with Crippen molar-refractivity contribution in [2.75, 3.05) is 59.0 Å². The summed E-state index contributed by atoms with van der Waals surface area (Å²) < 4.78 is 5.49. The molecular weight excluding hydrogens is 314 g/mol. The molecule has 0 saturated carbocycles. The van der Waals surface area contributed by atoms with Crippen LogP contribution in [0.2, 0.25) is 0 Å². The molecular formula is C20H37N3O2. The number of rotatable bonds is 5. The zero-order valence-corrected chi connectivity index (χ0v) is 16.0. The van der Waals surface area contributed by atoms with E-state index in [0.717, 1.165) is 78.0 Å². The minimum absolute atomic E-state index is 0.378. The van der Waals surface area contributed by atoms with E-state index in [1.54, 1.807) is 0 Å². The lowest BCUT2D eigenvalue weighted by Crippen LogP contribution is -2.42. The van der Waals surface area contributed by atoms with Crippen molar-refractivity contribution >= 4 is 5.91 Å². The van der Waals surface area contributed by atoms with Gasteiger partial charge in [-0.05, 0) is 58.2 Å². The van der Waals surface area contributed by atoms with Crippen LogP contribution in [0, 0.1) is 0 Å². The van der Waals surface area contributed by atoms with Crippen LogP contribution >= 0.6 is 0 Å². The van der Waals surface area contributed by atoms with Gasteiger partial charge in [0.15, 0.2) is 0 Å². The first kappa shape index (κ1) is 19.1. The molecule has 0 bridgehead atoms. The lowest BCUT2D eigenvalue weighted by atomic mass is 10.1. The van der Waals surface area contributed by atoms with Gasteiger partial charge in [-0.15, -0.1) is 0 Å². The van der Waals surface area contributed by atoms with Gasteiger partial charge < -0.3 is 14.5 Å². The van der Waals surface area contributed by atoms with Crippen LogP contribution in [-0.4, -0.2) is 85.7 Å². The SMILES string of the molecule is O=C(CCCN1CCCCCC1)N1CCCN(C2CCOCC2)CC1. The van der Waals surface area contributed by atoms with Crippen molar-refractivity contribution in [3.8, 4) is 0 Å². The maximum Gasteiger partial charge on any atom is 0.222 e. The van der Waals surface area contributed by atoms with Crippen LogP contribution in [-0.2, 0) is 9.53 Å². The molecule has 3 aliphatic rings. The summed E-state index contributed by atoms with van der Waals surface area (Å²) >= 11 is 0. The Kier molecular flexibility index (Phi) is 8.02. The highest BCUT2D eigenvalue weighted by Gasteiger charge is 2.25. The van der Waals surface area contributed by atoms with E-state index in [0.29, 0.717) is 11.9 Å². The van der Waals surface area contributed by atoms with Gasteiger partial charge in [0.05, 0.1) is 0 Å². The molecule has 0 aromatic carbocycles. The Morgan fingerprint density at radius 1 is 0.840 bits per heavy atom. The first-order chi connectivity index (χ1) is 12.3. The highest BCUT2D eigenvalue weighted by atomic mass is 16.5. The first-order valence-corrected chi connectivity index (χ1v) is 10.6. The van der Waals surface area contributed by atoms with E-state index in [2.05, 4.69) is 14.7 Å². The third-order valence-electron chi connectivity index (χ3n) is 6.15. The highest BCUT2D eigenvalue weighted by Crippen LogP contribution is 2.17. The normalized spacial score (nSPS) is 25.5. The second-order valence-corrected chi connectivity index (χ2v) is 7.97. The summed E-state index contributed by atoms with van der Waals surface area (Å²) in [7, 11) is 0. The molecule has 3 aliphatic heterocycles. The lowest BCUT2D eigenvalue weighted by Gasteiger charge is -2.33. The number of carbonyl (C=O) groups excluding carboxylic acids is 1. The van der Waals surface area contributed by atoms with E-state index in [-0.39, 0.29) is 0 Å². The van der Waals surface area contributed by atoms with Gasteiger partial charge >= 0.3 is 0 Å². The van der Waals surface area contributed by atoms with Crippen molar-refractivity contribution in [3.05, 3.63) is 0 Å². The van der Waals surface area contributed by atoms with Gasteiger partial charge in [-0.25, -0.2) is 0 Å². The molecule has 144 valence electrons. The van der Waals surface area contributed by atoms with Gasteiger partial charge in [-0.2, -0.15) is 0 Å². The lowest BCUT2D eigenvalue weighted by molar-refractivity contribution is -0.131. The number of ether oxygens (including phenoxy) is 1. The van der Waals surface area contributed by atoms with Crippen molar-refractivity contribution in [3.63, 3.8) is 0 Å². The second kappa shape index (κ2) is 10.5. The third kappa shape index (κ3) is 6.22. The minimum atomic E-state index is 0.378. The fraction of sp³-hybridized carbons (Fsp3) is 0.950. The van der Waals surface area contributed by atoms with Crippen LogP contribution in [0.3, 0.4) is 0 Å². The number of hydrogen-bond acceptors (Lipinski definition) is 4. The smallest absolute Gasteiger partial charge is 0.222 e. The van der Waals surface area contributed by atoms with Gasteiger partial charge in [0.1, 0.15) is 0 Å². The molecule has 0 spiro atoms. The second-order valence-electron chi connectivity index (χ2n) is 7.97. The van der Waals surface area contributed by atoms with E-state index in [4.69, 9.17) is 4.74 Å². The molecule has 0 radical (unpaired) electrons. The zero-order chi connectivity index (χ0) is 17.3. The van der Waals surface area contributed by atoms with Crippen LogP contribution < -0.4 is 0 Å². The van der Waals surface area contributed by atoms with Gasteiger partial charge in [-0.1, -0.05) is 12.8 Å². The fourth-order valence-corrected chi connectivity index (χ4v) is 4.57. The Labute approximate surface area is 153 Å². The summed E-state index contributed by atoms with van der Waals surface area (Å²) in [5, 5.41) is 0. The molecule has 25 heavy (non-hydrogen) atoms. The van der Waals surface area contributed by atoms with Crippen molar-refractivity contribution in [1.29, 1.82) is 0 Å². The number of hydrogen-bond donors (Lipinski definition) is 0. The molecule has 0 aliphatic carbocycles. The predicted octanol–water partition coefficient (Wildman–Crippen LogP) is 2.36. The highest BCUT2D eigenvalue weighted by molar-refractivity contribution is 5.76. The molecule has 3 rings (SSSR count). The molecule has 3 heterocycles. The molecule has 0 N–H and O–H groups in total. The van der Waals surface area contributed by atoms with Crippen molar-refractivity contribution < 1.29 is 9.53 Å². The quantitative estimate of drug-likeness (QED) is 0.762. The fourth-order valence-electron chi connectivity index (χ4n) is 4.57. The Balaban J connectivity index is 1.35. The number of carbonyl (C=O) groups is 1. The average molecular weight is 352 g/mol. The summed E-state index contributed by atoms with van der Waals surface area (Å²) in [6.45, 7) is 9.43. The molecule has 5 heteroatoms. The molecule has 0 aromatic rings. The average Bonchev–Trinajstić information content (AvgIpc) is 3.05. The summed E-state index contributed by atoms with van der Waals surface area (Å²) in [4.78, 5) is 19.9. The molecule has 3 saturated heterocycles. The van der Waals surface area contributed by atoms with Crippen LogP contribution in [0.5, 0.6) is 0 Å². The van der Waals surface area contributed by atoms with E-state index >= 15 is 0 Å². The molecule has 3 fully saturated rings. The standard InChI is InChI=1S/C20H37N3O2/c24-20(7-5-12-21-10-3-1-2-4-11-21)23-14-6-13-22(15-16-23)19-8-17-25-18-9-19/h19H,1-18H2. The first-order valence-electron chi connectivity index (χ1n) is 10.6. The number of amides is 1. The third-order valence-corrected chi connectivity index (χ3v) is 6.15. The van der Waals surface area contributed by atoms with Crippen molar-refractivity contribution in [2.45, 2.75) is 63.8 Å². The Morgan fingerprint density at radius 3 is 2.36 bits per heavy atom. The van der Waals surface area contributed by atoms with Gasteiger partial charge in [-0.3, -0.25) is 9.69 Å². The van der Waals surface area contributed by atoms with E-state index in [1.807, 2.05) is 0 Å². The Morgan fingerprint density at radius 2 is 1.60 bits per heavy atom. The summed E-state index contributed by atoms with van der Waals surface area (Å²) in [5.41, 5.74) is 0. The van der Waals surface area contributed by atoms with E-state index in [9.17, 15) is 4.79 Å². The van der Waals surface area contributed by atoms with Gasteiger partial charge in [0.25, 0.3) is 0 Å². The van der Waals surface area contributed by atoms with E-state index in [1.165, 1.54) is 38.8 Å². The summed E-state index contributed by atoms with van der Waals surface area (Å²) in [6.07, 6.45) is 10.6.